The molecule has 13 heavy (non-hydrogen) atoms. The highest BCUT2D eigenvalue weighted by Gasteiger charge is 2.35. The summed E-state index contributed by atoms with van der Waals surface area (Å²) in [6, 6.07) is 1.80. The van der Waals surface area contributed by atoms with E-state index in [1.807, 2.05) is 5.38 Å². The lowest BCUT2D eigenvalue weighted by atomic mass is 10.3. The fourth-order valence-corrected chi connectivity index (χ4v) is 2.63. The molecule has 1 aromatic rings. The summed E-state index contributed by atoms with van der Waals surface area (Å²) in [4.78, 5) is 22.6. The number of thiophene rings is 1. The van der Waals surface area contributed by atoms with Gasteiger partial charge in [0.1, 0.15) is 0 Å². The molecule has 0 aliphatic carbocycles. The summed E-state index contributed by atoms with van der Waals surface area (Å²) >= 11 is 4.63. The van der Waals surface area contributed by atoms with Crippen molar-refractivity contribution < 1.29 is 14.3 Å². The maximum Gasteiger partial charge on any atom is 0.415 e. The van der Waals surface area contributed by atoms with Crippen LogP contribution in [0.3, 0.4) is 0 Å². The number of carbonyl (C=O) groups is 2. The highest BCUT2D eigenvalue weighted by molar-refractivity contribution is 9.10. The van der Waals surface area contributed by atoms with Crippen molar-refractivity contribution in [2.75, 3.05) is 0 Å². The Bertz CT molecular complexity index is 376. The minimum absolute atomic E-state index is 0.409. The number of halogens is 1. The summed E-state index contributed by atoms with van der Waals surface area (Å²) in [5, 5.41) is 3.89. The van der Waals surface area contributed by atoms with Gasteiger partial charge in [0.15, 0.2) is 0 Å². The van der Waals surface area contributed by atoms with Crippen LogP contribution < -0.4 is 5.32 Å². The molecule has 4 nitrogen and oxygen atoms in total. The number of rotatable bonds is 1. The molecule has 1 unspecified atom stereocenters. The molecule has 0 saturated carbocycles. The van der Waals surface area contributed by atoms with Gasteiger partial charge >= 0.3 is 6.09 Å². The molecule has 68 valence electrons. The lowest BCUT2D eigenvalue weighted by Crippen LogP contribution is -2.20. The van der Waals surface area contributed by atoms with Gasteiger partial charge in [0.25, 0.3) is 5.91 Å². The van der Waals surface area contributed by atoms with E-state index in [2.05, 4.69) is 21.2 Å². The number of amides is 2. The van der Waals surface area contributed by atoms with Gasteiger partial charge < -0.3 is 4.74 Å². The van der Waals surface area contributed by atoms with Gasteiger partial charge in [-0.05, 0) is 27.4 Å². The van der Waals surface area contributed by atoms with Crippen LogP contribution in [0.1, 0.15) is 11.0 Å². The molecule has 1 aromatic heterocycles. The van der Waals surface area contributed by atoms with Crippen LogP contribution in [0.4, 0.5) is 4.79 Å². The molecular formula is C7H4BrNO3S. The number of cyclic esters (lactones) is 1. The van der Waals surface area contributed by atoms with Gasteiger partial charge in [0, 0.05) is 4.47 Å². The Morgan fingerprint density at radius 1 is 1.54 bits per heavy atom. The molecule has 1 fully saturated rings. The van der Waals surface area contributed by atoms with Crippen molar-refractivity contribution in [2.24, 2.45) is 0 Å². The Labute approximate surface area is 86.0 Å². The molecule has 0 aromatic carbocycles. The Hall–Kier alpha value is -0.880. The molecule has 1 N–H and O–H groups in total. The van der Waals surface area contributed by atoms with E-state index in [1.54, 1.807) is 6.07 Å². The van der Waals surface area contributed by atoms with E-state index in [9.17, 15) is 9.59 Å². The first-order chi connectivity index (χ1) is 6.18. The van der Waals surface area contributed by atoms with E-state index in [0.717, 1.165) is 4.47 Å². The van der Waals surface area contributed by atoms with Crippen molar-refractivity contribution in [3.63, 3.8) is 0 Å². The number of ether oxygens (including phenoxy) is 1. The van der Waals surface area contributed by atoms with Crippen LogP contribution in [-0.2, 0) is 9.53 Å². The van der Waals surface area contributed by atoms with E-state index in [1.165, 1.54) is 11.3 Å². The first kappa shape index (κ1) is 8.71. The third kappa shape index (κ3) is 1.47. The van der Waals surface area contributed by atoms with Crippen LogP contribution in [0.15, 0.2) is 15.9 Å². The topological polar surface area (TPSA) is 55.4 Å². The van der Waals surface area contributed by atoms with E-state index in [0.29, 0.717) is 4.88 Å². The quantitative estimate of drug-likeness (QED) is 0.839. The summed E-state index contributed by atoms with van der Waals surface area (Å²) < 4.78 is 5.56. The van der Waals surface area contributed by atoms with Gasteiger partial charge in [-0.3, -0.25) is 10.1 Å². The molecule has 0 spiro atoms. The normalized spacial score (nSPS) is 21.5. The van der Waals surface area contributed by atoms with Crippen LogP contribution in [0.2, 0.25) is 0 Å². The molecule has 2 amide bonds. The Balaban J connectivity index is 2.32. The predicted molar refractivity (Wildman–Crippen MR) is 49.4 cm³/mol. The molecule has 1 atom stereocenters. The van der Waals surface area contributed by atoms with Crippen LogP contribution >= 0.6 is 27.3 Å². The maximum absolute atomic E-state index is 11.2. The number of nitrogens with one attached hydrogen (secondary N) is 1. The number of alkyl carbamates (subject to hydrolysis) is 1. The predicted octanol–water partition coefficient (Wildman–Crippen LogP) is 1.82. The summed E-state index contributed by atoms with van der Waals surface area (Å²) in [5.41, 5.74) is 0. The monoisotopic (exact) mass is 261 g/mol. The van der Waals surface area contributed by atoms with Gasteiger partial charge in [-0.15, -0.1) is 11.3 Å². The average Bonchev–Trinajstić information content (AvgIpc) is 2.58. The fraction of sp³-hybridized carbons (Fsp3) is 0.143. The first-order valence-corrected chi connectivity index (χ1v) is 5.10. The number of hydrogen-bond donors (Lipinski definition) is 1. The molecular weight excluding hydrogens is 258 g/mol. The minimum atomic E-state index is -0.790. The van der Waals surface area contributed by atoms with E-state index in [4.69, 9.17) is 4.74 Å². The standard InChI is InChI=1S/C7H4BrNO3S/c8-3-1-2-13-5(3)4-6(10)9-7(11)12-4/h1-2,4H,(H,9,10,11). The van der Waals surface area contributed by atoms with Gasteiger partial charge in [-0.1, -0.05) is 0 Å². The highest BCUT2D eigenvalue weighted by atomic mass is 79.9. The lowest BCUT2D eigenvalue weighted by Gasteiger charge is -2.02. The third-order valence-electron chi connectivity index (χ3n) is 1.57. The zero-order valence-electron chi connectivity index (χ0n) is 6.24. The van der Waals surface area contributed by atoms with Gasteiger partial charge in [0.05, 0.1) is 4.88 Å². The van der Waals surface area contributed by atoms with Gasteiger partial charge in [-0.25, -0.2) is 4.79 Å². The maximum atomic E-state index is 11.2. The highest BCUT2D eigenvalue weighted by Crippen LogP contribution is 2.33. The molecule has 0 bridgehead atoms. The van der Waals surface area contributed by atoms with Crippen molar-refractivity contribution in [1.82, 2.24) is 5.32 Å². The SMILES string of the molecule is O=C1NC(=O)C(c2sccc2Br)O1. The second kappa shape index (κ2) is 3.12. The lowest BCUT2D eigenvalue weighted by molar-refractivity contribution is -0.123. The van der Waals surface area contributed by atoms with Crippen LogP contribution in [0, 0.1) is 0 Å². The zero-order valence-corrected chi connectivity index (χ0v) is 8.65. The van der Waals surface area contributed by atoms with Crippen LogP contribution in [-0.4, -0.2) is 12.0 Å². The molecule has 1 saturated heterocycles. The first-order valence-electron chi connectivity index (χ1n) is 3.43. The molecule has 0 radical (unpaired) electrons. The van der Waals surface area contributed by atoms with Crippen molar-refractivity contribution >= 4 is 39.3 Å². The largest absolute Gasteiger partial charge is 0.430 e. The fourth-order valence-electron chi connectivity index (χ4n) is 1.02. The van der Waals surface area contributed by atoms with Crippen molar-refractivity contribution in [1.29, 1.82) is 0 Å². The van der Waals surface area contributed by atoms with Gasteiger partial charge in [-0.2, -0.15) is 0 Å². The summed E-state index contributed by atoms with van der Waals surface area (Å²) in [6.45, 7) is 0. The Morgan fingerprint density at radius 3 is 2.77 bits per heavy atom. The third-order valence-corrected chi connectivity index (χ3v) is 3.49. The zero-order chi connectivity index (χ0) is 9.42. The second-order valence-corrected chi connectivity index (χ2v) is 4.21. The van der Waals surface area contributed by atoms with Gasteiger partial charge in [0.2, 0.25) is 6.10 Å². The van der Waals surface area contributed by atoms with Crippen molar-refractivity contribution in [3.8, 4) is 0 Å². The van der Waals surface area contributed by atoms with E-state index in [-0.39, 0.29) is 0 Å². The smallest absolute Gasteiger partial charge is 0.415 e. The summed E-state index contributed by atoms with van der Waals surface area (Å²) in [7, 11) is 0. The van der Waals surface area contributed by atoms with E-state index >= 15 is 0 Å². The molecule has 6 heteroatoms. The molecule has 1 aliphatic rings. The molecule has 1 aliphatic heterocycles. The summed E-state index contributed by atoms with van der Waals surface area (Å²) in [5.74, 6) is -0.409. The molecule has 2 rings (SSSR count). The van der Waals surface area contributed by atoms with Crippen LogP contribution in [0.5, 0.6) is 0 Å². The van der Waals surface area contributed by atoms with Crippen molar-refractivity contribution in [3.05, 3.63) is 20.8 Å². The number of hydrogen-bond acceptors (Lipinski definition) is 4. The summed E-state index contributed by atoms with van der Waals surface area (Å²) in [6.07, 6.45) is -1.47. The number of carbonyl (C=O) groups excluding carboxylic acids is 2. The Kier molecular flexibility index (Phi) is 2.09. The van der Waals surface area contributed by atoms with Crippen molar-refractivity contribution in [2.45, 2.75) is 6.10 Å². The van der Waals surface area contributed by atoms with E-state index < -0.39 is 18.1 Å². The Morgan fingerprint density at radius 2 is 2.31 bits per heavy atom. The second-order valence-electron chi connectivity index (χ2n) is 2.41. The molecule has 2 heterocycles. The average molecular weight is 262 g/mol. The number of imide groups is 1. The van der Waals surface area contributed by atoms with Crippen LogP contribution in [0.25, 0.3) is 0 Å². The minimum Gasteiger partial charge on any atom is -0.430 e.